The fourth-order valence-electron chi connectivity index (χ4n) is 3.09. The number of ketones is 1. The molecule has 4 rings (SSSR count). The van der Waals surface area contributed by atoms with Gasteiger partial charge in [-0.15, -0.1) is 0 Å². The standard InChI is InChI=1S/C19H12O6S2/c20-18-12-6-1-3-8-14(12)26(22,23)16(18)10-5-11-17-19(21)13-7-2-4-9-15(13)27(17,24)25/h1-11,20H/b10-5-,17-11-. The molecule has 0 aliphatic carbocycles. The van der Waals surface area contributed by atoms with Gasteiger partial charge in [0, 0.05) is 11.1 Å². The molecule has 27 heavy (non-hydrogen) atoms. The monoisotopic (exact) mass is 400 g/mol. The van der Waals surface area contributed by atoms with Gasteiger partial charge in [0.05, 0.1) is 9.79 Å². The maximum absolute atomic E-state index is 12.5. The van der Waals surface area contributed by atoms with Crippen LogP contribution in [0.1, 0.15) is 15.9 Å². The predicted molar refractivity (Wildman–Crippen MR) is 98.4 cm³/mol. The molecular formula is C19H12O6S2. The SMILES string of the molecule is O=C1/C(=C/C=C\C2=C(O)c3ccccc3S2(=O)=O)S(=O)(=O)c2ccccc21. The Bertz CT molecular complexity index is 1310. The Labute approximate surface area is 155 Å². The molecule has 0 bridgehead atoms. The van der Waals surface area contributed by atoms with Crippen molar-refractivity contribution in [2.45, 2.75) is 9.79 Å². The zero-order chi connectivity index (χ0) is 19.4. The van der Waals surface area contributed by atoms with E-state index in [1.54, 1.807) is 18.2 Å². The van der Waals surface area contributed by atoms with Crippen LogP contribution in [0.25, 0.3) is 5.76 Å². The molecule has 2 aromatic rings. The lowest BCUT2D eigenvalue weighted by molar-refractivity contribution is 0.104. The highest BCUT2D eigenvalue weighted by molar-refractivity contribution is 7.97. The van der Waals surface area contributed by atoms with Crippen molar-refractivity contribution in [3.63, 3.8) is 0 Å². The van der Waals surface area contributed by atoms with Crippen molar-refractivity contribution in [3.05, 3.63) is 87.7 Å². The lowest BCUT2D eigenvalue weighted by Crippen LogP contribution is -2.02. The highest BCUT2D eigenvalue weighted by atomic mass is 32.2. The number of aliphatic hydroxyl groups excluding tert-OH is 1. The number of fused-ring (bicyclic) bond motifs is 2. The first-order chi connectivity index (χ1) is 12.8. The molecule has 0 spiro atoms. The van der Waals surface area contributed by atoms with Crippen LogP contribution in [0.3, 0.4) is 0 Å². The molecule has 2 heterocycles. The van der Waals surface area contributed by atoms with Gasteiger partial charge in [0.25, 0.3) is 0 Å². The van der Waals surface area contributed by atoms with Gasteiger partial charge in [-0.1, -0.05) is 30.3 Å². The van der Waals surface area contributed by atoms with Crippen LogP contribution in [0.2, 0.25) is 0 Å². The van der Waals surface area contributed by atoms with Gasteiger partial charge in [-0.05, 0) is 36.4 Å². The second-order valence-electron chi connectivity index (χ2n) is 5.93. The van der Waals surface area contributed by atoms with E-state index in [-0.39, 0.29) is 25.8 Å². The third kappa shape index (κ3) is 2.41. The Kier molecular flexibility index (Phi) is 3.72. The van der Waals surface area contributed by atoms with E-state index in [1.165, 1.54) is 30.3 Å². The molecule has 6 nitrogen and oxygen atoms in total. The maximum atomic E-state index is 12.5. The number of carbonyl (C=O) groups excluding carboxylic acids is 1. The Balaban J connectivity index is 1.76. The molecule has 2 aliphatic heterocycles. The molecule has 0 amide bonds. The van der Waals surface area contributed by atoms with E-state index in [0.29, 0.717) is 0 Å². The van der Waals surface area contributed by atoms with Crippen molar-refractivity contribution in [1.29, 1.82) is 0 Å². The number of hydrogen-bond donors (Lipinski definition) is 1. The highest BCUT2D eigenvalue weighted by Gasteiger charge is 2.38. The number of rotatable bonds is 2. The molecular weight excluding hydrogens is 388 g/mol. The highest BCUT2D eigenvalue weighted by Crippen LogP contribution is 2.38. The summed E-state index contributed by atoms with van der Waals surface area (Å²) in [6.45, 7) is 0. The molecule has 2 aromatic carbocycles. The number of Topliss-reactive ketones (excluding diaryl/α,β-unsaturated/α-hetero) is 1. The summed E-state index contributed by atoms with van der Waals surface area (Å²) in [5.74, 6) is -1.06. The normalized spacial score (nSPS) is 21.0. The summed E-state index contributed by atoms with van der Waals surface area (Å²) in [5, 5.41) is 10.2. The van der Waals surface area contributed by atoms with E-state index < -0.39 is 36.1 Å². The van der Waals surface area contributed by atoms with E-state index in [9.17, 15) is 26.7 Å². The molecule has 1 N–H and O–H groups in total. The van der Waals surface area contributed by atoms with Gasteiger partial charge in [0.15, 0.2) is 0 Å². The minimum atomic E-state index is -3.95. The largest absolute Gasteiger partial charge is 0.506 e. The van der Waals surface area contributed by atoms with Crippen molar-refractivity contribution in [1.82, 2.24) is 0 Å². The lowest BCUT2D eigenvalue weighted by Gasteiger charge is -1.97. The maximum Gasteiger partial charge on any atom is 0.211 e. The number of sulfone groups is 2. The smallest absolute Gasteiger partial charge is 0.211 e. The minimum Gasteiger partial charge on any atom is -0.506 e. The molecule has 0 saturated carbocycles. The van der Waals surface area contributed by atoms with Gasteiger partial charge in [0.1, 0.15) is 15.6 Å². The Morgan fingerprint density at radius 1 is 0.778 bits per heavy atom. The second kappa shape index (κ2) is 5.77. The summed E-state index contributed by atoms with van der Waals surface area (Å²) in [6.07, 6.45) is 3.28. The third-order valence-electron chi connectivity index (χ3n) is 4.38. The van der Waals surface area contributed by atoms with E-state index in [0.717, 1.165) is 18.2 Å². The minimum absolute atomic E-state index is 0.0215. The Morgan fingerprint density at radius 2 is 1.33 bits per heavy atom. The quantitative estimate of drug-likeness (QED) is 0.777. The summed E-state index contributed by atoms with van der Waals surface area (Å²) < 4.78 is 50.0. The van der Waals surface area contributed by atoms with Crippen LogP contribution in [0.4, 0.5) is 0 Å². The first kappa shape index (κ1) is 17.4. The van der Waals surface area contributed by atoms with Crippen LogP contribution in [-0.4, -0.2) is 27.7 Å². The first-order valence-corrected chi connectivity index (χ1v) is 10.8. The van der Waals surface area contributed by atoms with E-state index >= 15 is 0 Å². The van der Waals surface area contributed by atoms with Gasteiger partial charge in [0.2, 0.25) is 25.5 Å². The molecule has 0 saturated heterocycles. The van der Waals surface area contributed by atoms with Gasteiger partial charge in [-0.2, -0.15) is 0 Å². The summed E-state index contributed by atoms with van der Waals surface area (Å²) in [5.41, 5.74) is 0.266. The Morgan fingerprint density at radius 3 is 1.93 bits per heavy atom. The van der Waals surface area contributed by atoms with Gasteiger partial charge >= 0.3 is 0 Å². The number of carbonyl (C=O) groups is 1. The van der Waals surface area contributed by atoms with Gasteiger partial charge < -0.3 is 5.11 Å². The number of aliphatic hydroxyl groups is 1. The summed E-state index contributed by atoms with van der Waals surface area (Å²) in [6, 6.07) is 11.8. The molecule has 0 unspecified atom stereocenters. The van der Waals surface area contributed by atoms with Crippen LogP contribution in [0.15, 0.2) is 86.4 Å². The zero-order valence-corrected chi connectivity index (χ0v) is 15.3. The van der Waals surface area contributed by atoms with Crippen molar-refractivity contribution < 1.29 is 26.7 Å². The number of benzene rings is 2. The second-order valence-corrected chi connectivity index (χ2v) is 9.70. The molecule has 0 radical (unpaired) electrons. The molecule has 136 valence electrons. The van der Waals surface area contributed by atoms with Crippen LogP contribution in [0, 0.1) is 0 Å². The topological polar surface area (TPSA) is 106 Å². The van der Waals surface area contributed by atoms with E-state index in [4.69, 9.17) is 0 Å². The first-order valence-electron chi connectivity index (χ1n) is 7.81. The summed E-state index contributed by atoms with van der Waals surface area (Å²) in [4.78, 5) is 11.5. The van der Waals surface area contributed by atoms with Gasteiger partial charge in [-0.25, -0.2) is 16.8 Å². The summed E-state index contributed by atoms with van der Waals surface area (Å²) >= 11 is 0. The molecule has 0 aromatic heterocycles. The van der Waals surface area contributed by atoms with Crippen LogP contribution in [-0.2, 0) is 19.7 Å². The average molecular weight is 400 g/mol. The van der Waals surface area contributed by atoms with Crippen molar-refractivity contribution in [2.75, 3.05) is 0 Å². The van der Waals surface area contributed by atoms with E-state index in [2.05, 4.69) is 0 Å². The lowest BCUT2D eigenvalue weighted by atomic mass is 10.1. The summed E-state index contributed by atoms with van der Waals surface area (Å²) in [7, 11) is -7.86. The average Bonchev–Trinajstić information content (AvgIpc) is 2.96. The predicted octanol–water partition coefficient (Wildman–Crippen LogP) is 2.81. The molecule has 2 aliphatic rings. The van der Waals surface area contributed by atoms with Crippen molar-refractivity contribution in [2.24, 2.45) is 0 Å². The van der Waals surface area contributed by atoms with Gasteiger partial charge in [-0.3, -0.25) is 4.79 Å². The molecule has 0 fully saturated rings. The van der Waals surface area contributed by atoms with Crippen LogP contribution < -0.4 is 0 Å². The number of hydrogen-bond acceptors (Lipinski definition) is 6. The Hall–Kier alpha value is -2.97. The molecule has 8 heteroatoms. The van der Waals surface area contributed by atoms with Crippen LogP contribution in [0.5, 0.6) is 0 Å². The van der Waals surface area contributed by atoms with Crippen molar-refractivity contribution >= 4 is 31.2 Å². The number of allylic oxidation sites excluding steroid dienone is 4. The third-order valence-corrected chi connectivity index (χ3v) is 8.06. The van der Waals surface area contributed by atoms with Crippen molar-refractivity contribution in [3.8, 4) is 0 Å². The zero-order valence-electron chi connectivity index (χ0n) is 13.7. The van der Waals surface area contributed by atoms with Crippen LogP contribution >= 0.6 is 0 Å². The van der Waals surface area contributed by atoms with E-state index in [1.807, 2.05) is 0 Å². The fourth-order valence-corrected chi connectivity index (χ4v) is 6.22. The molecule has 0 atom stereocenters. The fraction of sp³-hybridized carbons (Fsp3) is 0.